The molecule has 36 heavy (non-hydrogen) atoms. The van der Waals surface area contributed by atoms with Gasteiger partial charge in [0.15, 0.2) is 15.5 Å². The van der Waals surface area contributed by atoms with E-state index in [1.165, 1.54) is 18.2 Å². The first-order valence-corrected chi connectivity index (χ1v) is 12.7. The number of carbonyl (C=O) groups excluding carboxylic acids is 1. The van der Waals surface area contributed by atoms with Crippen molar-refractivity contribution in [2.45, 2.75) is 4.90 Å². The Balaban J connectivity index is 1.49. The highest BCUT2D eigenvalue weighted by atomic mass is 32.2. The zero-order valence-electron chi connectivity index (χ0n) is 19.0. The number of hydrogen-bond acceptors (Lipinski definition) is 5. The molecule has 2 amide bonds. The number of rotatable bonds is 5. The van der Waals surface area contributed by atoms with Gasteiger partial charge in [0.05, 0.1) is 4.90 Å². The molecule has 0 spiro atoms. The van der Waals surface area contributed by atoms with Crippen LogP contribution < -0.4 is 10.6 Å². The van der Waals surface area contributed by atoms with Crippen LogP contribution >= 0.6 is 0 Å². The number of aromatic amines is 1. The van der Waals surface area contributed by atoms with Gasteiger partial charge in [0.25, 0.3) is 0 Å². The molecule has 8 nitrogen and oxygen atoms in total. The van der Waals surface area contributed by atoms with E-state index in [-0.39, 0.29) is 10.6 Å². The van der Waals surface area contributed by atoms with Gasteiger partial charge in [0.1, 0.15) is 11.5 Å². The van der Waals surface area contributed by atoms with E-state index in [0.717, 1.165) is 6.26 Å². The number of amides is 2. The molecule has 0 saturated carbocycles. The quantitative estimate of drug-likeness (QED) is 0.295. The minimum Gasteiger partial charge on any atom is -0.308 e. The predicted molar refractivity (Wildman–Crippen MR) is 137 cm³/mol. The average Bonchev–Trinajstić information content (AvgIpc) is 3.27. The van der Waals surface area contributed by atoms with Crippen molar-refractivity contribution in [3.63, 3.8) is 0 Å². The van der Waals surface area contributed by atoms with Crippen molar-refractivity contribution in [2.75, 3.05) is 16.9 Å². The molecule has 0 atom stereocenters. The Morgan fingerprint density at radius 1 is 0.861 bits per heavy atom. The molecule has 2 heterocycles. The summed E-state index contributed by atoms with van der Waals surface area (Å²) in [6.45, 7) is 0. The molecule has 180 valence electrons. The van der Waals surface area contributed by atoms with Crippen molar-refractivity contribution in [1.29, 1.82) is 0 Å². The second kappa shape index (κ2) is 9.23. The number of para-hydroxylation sites is 1. The number of anilines is 2. The summed E-state index contributed by atoms with van der Waals surface area (Å²) in [5.74, 6) is -0.552. The maximum absolute atomic E-state index is 14.5. The summed E-state index contributed by atoms with van der Waals surface area (Å²) in [6, 6.07) is 20.9. The lowest BCUT2D eigenvalue weighted by atomic mass is 10.0. The van der Waals surface area contributed by atoms with Crippen molar-refractivity contribution in [1.82, 2.24) is 15.2 Å². The first kappa shape index (κ1) is 23.2. The minimum atomic E-state index is -3.38. The molecule has 0 aliphatic rings. The number of sulfone groups is 1. The molecule has 0 aliphatic carbocycles. The molecule has 0 saturated heterocycles. The Morgan fingerprint density at radius 2 is 1.64 bits per heavy atom. The van der Waals surface area contributed by atoms with Gasteiger partial charge in [-0.1, -0.05) is 30.3 Å². The Hall–Kier alpha value is -4.57. The number of carbonyl (C=O) groups is 1. The van der Waals surface area contributed by atoms with E-state index in [1.54, 1.807) is 54.7 Å². The summed E-state index contributed by atoms with van der Waals surface area (Å²) >= 11 is 0. The fourth-order valence-corrected chi connectivity index (χ4v) is 4.47. The smallest absolute Gasteiger partial charge is 0.308 e. The van der Waals surface area contributed by atoms with Crippen LogP contribution in [0, 0.1) is 5.82 Å². The molecular formula is C26H20FN5O3S. The van der Waals surface area contributed by atoms with Crippen LogP contribution in [0.25, 0.3) is 33.4 Å². The fourth-order valence-electron chi connectivity index (χ4n) is 3.80. The van der Waals surface area contributed by atoms with Gasteiger partial charge < -0.3 is 10.6 Å². The van der Waals surface area contributed by atoms with Gasteiger partial charge in [-0.25, -0.2) is 22.6 Å². The Bertz CT molecular complexity index is 1700. The van der Waals surface area contributed by atoms with Gasteiger partial charge in [-0.05, 0) is 54.1 Å². The van der Waals surface area contributed by atoms with E-state index in [0.29, 0.717) is 39.1 Å². The number of aromatic nitrogens is 3. The summed E-state index contributed by atoms with van der Waals surface area (Å²) in [5.41, 5.74) is 3.53. The summed E-state index contributed by atoms with van der Waals surface area (Å²) in [6.07, 6.45) is 2.76. The second-order valence-electron chi connectivity index (χ2n) is 8.17. The van der Waals surface area contributed by atoms with E-state index in [4.69, 9.17) is 0 Å². The highest BCUT2D eigenvalue weighted by molar-refractivity contribution is 7.90. The fraction of sp³-hybridized carbons (Fsp3) is 0.0385. The predicted octanol–water partition coefficient (Wildman–Crippen LogP) is 5.48. The van der Waals surface area contributed by atoms with Gasteiger partial charge in [0.2, 0.25) is 0 Å². The van der Waals surface area contributed by atoms with Crippen LogP contribution in [0.4, 0.5) is 20.6 Å². The van der Waals surface area contributed by atoms with Crippen LogP contribution in [-0.4, -0.2) is 35.9 Å². The van der Waals surface area contributed by atoms with Crippen LogP contribution in [-0.2, 0) is 9.84 Å². The number of halogens is 1. The zero-order chi connectivity index (χ0) is 25.3. The molecule has 0 bridgehead atoms. The standard InChI is InChI=1S/C26H20FN5O3S/c1-36(34,35)22-9-5-6-16(12-22)18-13-23-24(31-32-25(23)28-15-18)17-10-19(27)14-21(11-17)30-26(33)29-20-7-3-2-4-8-20/h2-15H,1H3,(H,28,31,32)(H2,29,30,33). The number of H-pyrrole nitrogens is 1. The van der Waals surface area contributed by atoms with E-state index < -0.39 is 21.7 Å². The van der Waals surface area contributed by atoms with Gasteiger partial charge in [-0.3, -0.25) is 5.10 Å². The molecule has 0 unspecified atom stereocenters. The van der Waals surface area contributed by atoms with Gasteiger partial charge >= 0.3 is 6.03 Å². The van der Waals surface area contributed by atoms with Crippen LogP contribution in [0.5, 0.6) is 0 Å². The average molecular weight is 502 g/mol. The number of nitrogens with zero attached hydrogens (tertiary/aromatic N) is 2. The van der Waals surface area contributed by atoms with Crippen molar-refractivity contribution >= 4 is 38.3 Å². The van der Waals surface area contributed by atoms with Crippen molar-refractivity contribution < 1.29 is 17.6 Å². The first-order chi connectivity index (χ1) is 17.3. The second-order valence-corrected chi connectivity index (χ2v) is 10.2. The highest BCUT2D eigenvalue weighted by Gasteiger charge is 2.15. The summed E-state index contributed by atoms with van der Waals surface area (Å²) in [5, 5.41) is 13.1. The van der Waals surface area contributed by atoms with Crippen LogP contribution in [0.1, 0.15) is 0 Å². The number of fused-ring (bicyclic) bond motifs is 1. The molecule has 3 aromatic carbocycles. The van der Waals surface area contributed by atoms with Crippen LogP contribution in [0.3, 0.4) is 0 Å². The number of pyridine rings is 1. The molecule has 0 fully saturated rings. The lowest BCUT2D eigenvalue weighted by molar-refractivity contribution is 0.262. The first-order valence-electron chi connectivity index (χ1n) is 10.8. The number of benzene rings is 3. The van der Waals surface area contributed by atoms with E-state index in [2.05, 4.69) is 25.8 Å². The Morgan fingerprint density at radius 3 is 2.42 bits per heavy atom. The molecule has 3 N–H and O–H groups in total. The summed E-state index contributed by atoms with van der Waals surface area (Å²) in [4.78, 5) is 17.0. The van der Waals surface area contributed by atoms with Crippen molar-refractivity contribution in [3.05, 3.63) is 90.9 Å². The van der Waals surface area contributed by atoms with Gasteiger partial charge in [-0.15, -0.1) is 0 Å². The Labute approximate surface area is 206 Å². The number of nitrogens with one attached hydrogen (secondary N) is 3. The summed E-state index contributed by atoms with van der Waals surface area (Å²) in [7, 11) is -3.38. The Kier molecular flexibility index (Phi) is 5.95. The number of hydrogen-bond donors (Lipinski definition) is 3. The third kappa shape index (κ3) is 4.93. The third-order valence-electron chi connectivity index (χ3n) is 5.47. The van der Waals surface area contributed by atoms with E-state index >= 15 is 0 Å². The molecule has 5 rings (SSSR count). The van der Waals surface area contributed by atoms with Crippen LogP contribution in [0.2, 0.25) is 0 Å². The van der Waals surface area contributed by atoms with E-state index in [1.807, 2.05) is 12.1 Å². The van der Waals surface area contributed by atoms with Gasteiger partial charge in [0, 0.05) is 40.3 Å². The number of urea groups is 1. The largest absolute Gasteiger partial charge is 0.323 e. The van der Waals surface area contributed by atoms with Crippen molar-refractivity contribution in [2.24, 2.45) is 0 Å². The molecule has 10 heteroatoms. The molecule has 5 aromatic rings. The van der Waals surface area contributed by atoms with E-state index in [9.17, 15) is 17.6 Å². The van der Waals surface area contributed by atoms with Crippen LogP contribution in [0.15, 0.2) is 90.0 Å². The van der Waals surface area contributed by atoms with Crippen molar-refractivity contribution in [3.8, 4) is 22.4 Å². The third-order valence-corrected chi connectivity index (χ3v) is 6.58. The maximum atomic E-state index is 14.5. The summed E-state index contributed by atoms with van der Waals surface area (Å²) < 4.78 is 38.5. The lowest BCUT2D eigenvalue weighted by Crippen LogP contribution is -2.19. The minimum absolute atomic E-state index is 0.196. The normalized spacial score (nSPS) is 11.4. The zero-order valence-corrected chi connectivity index (χ0v) is 19.8. The molecular weight excluding hydrogens is 481 g/mol. The topological polar surface area (TPSA) is 117 Å². The molecule has 0 radical (unpaired) electrons. The molecule has 0 aliphatic heterocycles. The monoisotopic (exact) mass is 501 g/mol. The SMILES string of the molecule is CS(=O)(=O)c1cccc(-c2cnc3[nH]nc(-c4cc(F)cc(NC(=O)Nc5ccccc5)c4)c3c2)c1. The highest BCUT2D eigenvalue weighted by Crippen LogP contribution is 2.32. The van der Waals surface area contributed by atoms with Gasteiger partial charge in [-0.2, -0.15) is 5.10 Å². The maximum Gasteiger partial charge on any atom is 0.323 e. The lowest BCUT2D eigenvalue weighted by Gasteiger charge is -2.09. The molecule has 2 aromatic heterocycles.